The number of nitrogens with zero attached hydrogens (tertiary/aromatic N) is 1. The molecule has 0 aromatic rings. The van der Waals surface area contributed by atoms with Crippen molar-refractivity contribution in [2.45, 2.75) is 0 Å². The van der Waals surface area contributed by atoms with Gasteiger partial charge in [0.15, 0.2) is 0 Å². The second-order valence-electron chi connectivity index (χ2n) is 2.43. The number of rotatable bonds is 4. The standard InChI is InChI=1S/C8H14N2O4/c1-6(5-9-8(12)13-3)7(11)10(2)14-4/h1,5H2,2-4H3,(H,9,12). The smallest absolute Gasteiger partial charge is 0.407 e. The fraction of sp³-hybridized carbons (Fsp3) is 0.500. The van der Waals surface area contributed by atoms with Crippen molar-refractivity contribution in [3.8, 4) is 0 Å². The van der Waals surface area contributed by atoms with Gasteiger partial charge in [0, 0.05) is 12.6 Å². The van der Waals surface area contributed by atoms with E-state index in [2.05, 4.69) is 21.5 Å². The number of carbonyl (C=O) groups excluding carboxylic acids is 2. The summed E-state index contributed by atoms with van der Waals surface area (Å²) in [4.78, 5) is 26.6. The Labute approximate surface area is 82.4 Å². The van der Waals surface area contributed by atoms with Gasteiger partial charge in [0.05, 0.1) is 20.8 Å². The number of amides is 2. The average molecular weight is 202 g/mol. The maximum atomic E-state index is 11.3. The van der Waals surface area contributed by atoms with Crippen LogP contribution in [0.4, 0.5) is 4.79 Å². The third kappa shape index (κ3) is 3.90. The number of ether oxygens (including phenoxy) is 1. The van der Waals surface area contributed by atoms with Crippen LogP contribution in [0.25, 0.3) is 0 Å². The Bertz CT molecular complexity index is 239. The molecule has 0 spiro atoms. The van der Waals surface area contributed by atoms with E-state index in [1.54, 1.807) is 0 Å². The lowest BCUT2D eigenvalue weighted by atomic mass is 10.3. The van der Waals surface area contributed by atoms with E-state index in [4.69, 9.17) is 0 Å². The van der Waals surface area contributed by atoms with Crippen molar-refractivity contribution in [3.05, 3.63) is 12.2 Å². The lowest BCUT2D eigenvalue weighted by Crippen LogP contribution is -2.33. The van der Waals surface area contributed by atoms with Crippen molar-refractivity contribution in [2.24, 2.45) is 0 Å². The van der Waals surface area contributed by atoms with Crippen LogP contribution in [0.5, 0.6) is 0 Å². The molecule has 0 aliphatic rings. The molecule has 0 aliphatic carbocycles. The number of likely N-dealkylation sites (N-methyl/N-ethyl adjacent to an activating group) is 1. The van der Waals surface area contributed by atoms with Crippen molar-refractivity contribution in [2.75, 3.05) is 27.8 Å². The lowest BCUT2D eigenvalue weighted by Gasteiger charge is -2.15. The van der Waals surface area contributed by atoms with Gasteiger partial charge in [-0.05, 0) is 0 Å². The van der Waals surface area contributed by atoms with E-state index in [1.807, 2.05) is 0 Å². The van der Waals surface area contributed by atoms with Crippen LogP contribution >= 0.6 is 0 Å². The molecular weight excluding hydrogens is 188 g/mol. The van der Waals surface area contributed by atoms with Crippen LogP contribution in [-0.4, -0.2) is 44.9 Å². The molecule has 0 aromatic heterocycles. The minimum absolute atomic E-state index is 0.0270. The van der Waals surface area contributed by atoms with Crippen molar-refractivity contribution >= 4 is 12.0 Å². The highest BCUT2D eigenvalue weighted by molar-refractivity contribution is 5.92. The Morgan fingerprint density at radius 3 is 2.43 bits per heavy atom. The summed E-state index contributed by atoms with van der Waals surface area (Å²) in [5.41, 5.74) is 0.208. The largest absolute Gasteiger partial charge is 0.453 e. The van der Waals surface area contributed by atoms with Crippen LogP contribution in [-0.2, 0) is 14.4 Å². The summed E-state index contributed by atoms with van der Waals surface area (Å²) in [5.74, 6) is -0.399. The molecule has 0 aromatic carbocycles. The Balaban J connectivity index is 3.97. The number of methoxy groups -OCH3 is 1. The van der Waals surface area contributed by atoms with Crippen molar-refractivity contribution in [3.63, 3.8) is 0 Å². The molecular formula is C8H14N2O4. The first-order chi connectivity index (χ1) is 6.52. The minimum atomic E-state index is -0.612. The van der Waals surface area contributed by atoms with E-state index in [0.29, 0.717) is 0 Å². The van der Waals surface area contributed by atoms with E-state index >= 15 is 0 Å². The molecule has 0 aliphatic heterocycles. The van der Waals surface area contributed by atoms with E-state index < -0.39 is 12.0 Å². The summed E-state index contributed by atoms with van der Waals surface area (Å²) in [6, 6.07) is 0. The number of alkyl carbamates (subject to hydrolysis) is 1. The van der Waals surface area contributed by atoms with Crippen LogP contribution in [0.1, 0.15) is 0 Å². The fourth-order valence-electron chi connectivity index (χ4n) is 0.632. The van der Waals surface area contributed by atoms with Gasteiger partial charge in [0.25, 0.3) is 5.91 Å². The molecule has 6 heteroatoms. The summed E-state index contributed by atoms with van der Waals surface area (Å²) in [6.45, 7) is 3.52. The molecule has 0 fully saturated rings. The highest BCUT2D eigenvalue weighted by atomic mass is 16.7. The molecule has 0 saturated carbocycles. The highest BCUT2D eigenvalue weighted by Crippen LogP contribution is 1.95. The molecule has 0 bridgehead atoms. The van der Waals surface area contributed by atoms with Crippen LogP contribution < -0.4 is 5.32 Å². The number of hydrogen-bond donors (Lipinski definition) is 1. The zero-order valence-corrected chi connectivity index (χ0v) is 8.49. The molecule has 1 N–H and O–H groups in total. The summed E-state index contributed by atoms with van der Waals surface area (Å²) in [7, 11) is 4.05. The molecule has 0 radical (unpaired) electrons. The zero-order chi connectivity index (χ0) is 11.1. The van der Waals surface area contributed by atoms with Crippen molar-refractivity contribution in [1.82, 2.24) is 10.4 Å². The Morgan fingerprint density at radius 2 is 2.00 bits per heavy atom. The normalized spacial score (nSPS) is 9.07. The lowest BCUT2D eigenvalue weighted by molar-refractivity contribution is -0.163. The maximum Gasteiger partial charge on any atom is 0.407 e. The van der Waals surface area contributed by atoms with Gasteiger partial charge >= 0.3 is 6.09 Å². The summed E-state index contributed by atoms with van der Waals surface area (Å²) >= 11 is 0. The van der Waals surface area contributed by atoms with E-state index in [0.717, 1.165) is 5.06 Å². The second kappa shape index (κ2) is 5.98. The summed E-state index contributed by atoms with van der Waals surface area (Å²) in [6.07, 6.45) is -0.612. The van der Waals surface area contributed by atoms with Gasteiger partial charge in [-0.1, -0.05) is 6.58 Å². The Morgan fingerprint density at radius 1 is 1.43 bits per heavy atom. The first kappa shape index (κ1) is 12.4. The third-order valence-electron chi connectivity index (χ3n) is 1.49. The SMILES string of the molecule is C=C(CNC(=O)OC)C(=O)N(C)OC. The van der Waals surface area contributed by atoms with Gasteiger partial charge in [-0.2, -0.15) is 0 Å². The van der Waals surface area contributed by atoms with Gasteiger partial charge in [0.2, 0.25) is 0 Å². The molecule has 0 saturated heterocycles. The van der Waals surface area contributed by atoms with Crippen LogP contribution in [0.2, 0.25) is 0 Å². The quantitative estimate of drug-likeness (QED) is 0.511. The number of hydroxylamine groups is 2. The summed E-state index contributed by atoms with van der Waals surface area (Å²) < 4.78 is 4.32. The van der Waals surface area contributed by atoms with E-state index in [-0.39, 0.29) is 12.1 Å². The first-order valence-corrected chi connectivity index (χ1v) is 3.84. The minimum Gasteiger partial charge on any atom is -0.453 e. The molecule has 14 heavy (non-hydrogen) atoms. The van der Waals surface area contributed by atoms with Gasteiger partial charge in [-0.3, -0.25) is 9.63 Å². The molecule has 0 unspecified atom stereocenters. The first-order valence-electron chi connectivity index (χ1n) is 3.84. The zero-order valence-electron chi connectivity index (χ0n) is 8.49. The molecule has 0 heterocycles. The molecule has 80 valence electrons. The van der Waals surface area contributed by atoms with E-state index in [1.165, 1.54) is 21.3 Å². The van der Waals surface area contributed by atoms with Crippen LogP contribution in [0.15, 0.2) is 12.2 Å². The van der Waals surface area contributed by atoms with Crippen LogP contribution in [0.3, 0.4) is 0 Å². The number of hydrogen-bond acceptors (Lipinski definition) is 4. The van der Waals surface area contributed by atoms with Crippen LogP contribution in [0, 0.1) is 0 Å². The Kier molecular flexibility index (Phi) is 5.31. The predicted octanol–water partition coefficient (Wildman–Crippen LogP) is -0.0816. The van der Waals surface area contributed by atoms with E-state index in [9.17, 15) is 9.59 Å². The molecule has 6 nitrogen and oxygen atoms in total. The maximum absolute atomic E-state index is 11.3. The molecule has 2 amide bonds. The van der Waals surface area contributed by atoms with Gasteiger partial charge in [-0.15, -0.1) is 0 Å². The monoisotopic (exact) mass is 202 g/mol. The number of carbonyl (C=O) groups is 2. The Hall–Kier alpha value is -1.56. The topological polar surface area (TPSA) is 67.9 Å². The number of nitrogens with one attached hydrogen (secondary N) is 1. The predicted molar refractivity (Wildman–Crippen MR) is 49.3 cm³/mol. The third-order valence-corrected chi connectivity index (χ3v) is 1.49. The molecule has 0 atom stereocenters. The van der Waals surface area contributed by atoms with Gasteiger partial charge < -0.3 is 10.1 Å². The second-order valence-corrected chi connectivity index (χ2v) is 2.43. The van der Waals surface area contributed by atoms with Gasteiger partial charge in [0.1, 0.15) is 0 Å². The average Bonchev–Trinajstić information content (AvgIpc) is 2.22. The van der Waals surface area contributed by atoms with Crippen molar-refractivity contribution < 1.29 is 19.2 Å². The highest BCUT2D eigenvalue weighted by Gasteiger charge is 2.12. The van der Waals surface area contributed by atoms with Crippen molar-refractivity contribution in [1.29, 1.82) is 0 Å². The molecule has 0 rings (SSSR count). The summed E-state index contributed by atoms with van der Waals surface area (Å²) in [5, 5.41) is 3.34. The van der Waals surface area contributed by atoms with Gasteiger partial charge in [-0.25, -0.2) is 9.86 Å². The fourth-order valence-corrected chi connectivity index (χ4v) is 0.632.